The molecule has 1 aliphatic heterocycles. The van der Waals surface area contributed by atoms with E-state index in [4.69, 9.17) is 4.84 Å². The van der Waals surface area contributed by atoms with Crippen LogP contribution in [0.2, 0.25) is 0 Å². The van der Waals surface area contributed by atoms with Gasteiger partial charge in [-0.1, -0.05) is 102 Å². The molecule has 0 saturated heterocycles. The number of rotatable bonds is 5. The number of oxime groups is 1. The van der Waals surface area contributed by atoms with Crippen LogP contribution in [0.4, 0.5) is 0 Å². The minimum atomic E-state index is -3.69. The highest BCUT2D eigenvalue weighted by Crippen LogP contribution is 2.54. The zero-order chi connectivity index (χ0) is 23.9. The molecule has 1 saturated carbocycles. The Morgan fingerprint density at radius 2 is 1.29 bits per heavy atom. The second-order valence-electron chi connectivity index (χ2n) is 9.26. The van der Waals surface area contributed by atoms with Crippen molar-refractivity contribution in [2.45, 2.75) is 28.6 Å². The average molecular weight is 480 g/mol. The topological polar surface area (TPSA) is 55.7 Å². The van der Waals surface area contributed by atoms with E-state index in [2.05, 4.69) is 29.4 Å². The van der Waals surface area contributed by atoms with Gasteiger partial charge in [0.2, 0.25) is 0 Å². The quantitative estimate of drug-likeness (QED) is 0.341. The summed E-state index contributed by atoms with van der Waals surface area (Å²) in [6, 6.07) is 36.8. The molecule has 6 rings (SSSR count). The minimum Gasteiger partial charge on any atom is -0.391 e. The Balaban J connectivity index is 1.41. The summed E-state index contributed by atoms with van der Waals surface area (Å²) in [4.78, 5) is 6.26. The van der Waals surface area contributed by atoms with Gasteiger partial charge in [-0.15, -0.1) is 0 Å². The molecule has 2 aliphatic rings. The first-order valence-electron chi connectivity index (χ1n) is 11.8. The Hall–Kier alpha value is -3.70. The summed E-state index contributed by atoms with van der Waals surface area (Å²) < 4.78 is 27.3. The van der Waals surface area contributed by atoms with E-state index in [0.717, 1.165) is 28.0 Å². The lowest BCUT2D eigenvalue weighted by Gasteiger charge is -2.30. The summed E-state index contributed by atoms with van der Waals surface area (Å²) in [6.45, 7) is 0. The molecule has 4 aromatic rings. The molecule has 0 aromatic heterocycles. The van der Waals surface area contributed by atoms with Gasteiger partial charge in [-0.2, -0.15) is 0 Å². The molecule has 4 nitrogen and oxygen atoms in total. The summed E-state index contributed by atoms with van der Waals surface area (Å²) in [6.07, 6.45) is 0.501. The van der Waals surface area contributed by atoms with Gasteiger partial charge < -0.3 is 4.84 Å². The highest BCUT2D eigenvalue weighted by Gasteiger charge is 2.59. The number of fused-ring (bicyclic) bond motifs is 1. The van der Waals surface area contributed by atoms with Crippen LogP contribution in [0.15, 0.2) is 125 Å². The second-order valence-corrected chi connectivity index (χ2v) is 11.5. The summed E-state index contributed by atoms with van der Waals surface area (Å²) in [5, 5.41) is 4.46. The number of hydrogen-bond acceptors (Lipinski definition) is 4. The third-order valence-electron chi connectivity index (χ3n) is 7.30. The first-order chi connectivity index (χ1) is 17.1. The van der Waals surface area contributed by atoms with Gasteiger partial charge in [0.15, 0.2) is 9.84 Å². The van der Waals surface area contributed by atoms with E-state index >= 15 is 0 Å². The monoisotopic (exact) mass is 479 g/mol. The predicted molar refractivity (Wildman–Crippen MR) is 138 cm³/mol. The average Bonchev–Trinajstić information content (AvgIpc) is 3.50. The smallest absolute Gasteiger partial charge is 0.188 e. The van der Waals surface area contributed by atoms with E-state index in [9.17, 15) is 8.42 Å². The molecule has 0 radical (unpaired) electrons. The van der Waals surface area contributed by atoms with E-state index in [0.29, 0.717) is 17.7 Å². The Morgan fingerprint density at radius 3 is 2.00 bits per heavy atom. The molecule has 0 N–H and O–H groups in total. The molecule has 5 heteroatoms. The lowest BCUT2D eigenvalue weighted by Crippen LogP contribution is -2.34. The molecule has 0 bridgehead atoms. The fraction of sp³-hybridized carbons (Fsp3) is 0.167. The van der Waals surface area contributed by atoms with Gasteiger partial charge in [0.1, 0.15) is 10.9 Å². The highest BCUT2D eigenvalue weighted by atomic mass is 32.2. The van der Waals surface area contributed by atoms with Crippen molar-refractivity contribution >= 4 is 15.5 Å². The van der Waals surface area contributed by atoms with Crippen LogP contribution in [-0.2, 0) is 19.4 Å². The van der Waals surface area contributed by atoms with Crippen molar-refractivity contribution in [1.82, 2.24) is 0 Å². The van der Waals surface area contributed by atoms with Crippen molar-refractivity contribution < 1.29 is 13.3 Å². The number of nitrogens with zero attached hydrogens (tertiary/aromatic N) is 1. The molecule has 2 unspecified atom stereocenters. The van der Waals surface area contributed by atoms with Crippen LogP contribution in [0.5, 0.6) is 0 Å². The second kappa shape index (κ2) is 8.51. The molecule has 0 spiro atoms. The Kier molecular flexibility index (Phi) is 5.30. The third kappa shape index (κ3) is 3.58. The predicted octanol–water partition coefficient (Wildman–Crippen LogP) is 6.24. The van der Waals surface area contributed by atoms with Crippen molar-refractivity contribution in [1.29, 1.82) is 0 Å². The van der Waals surface area contributed by atoms with Gasteiger partial charge in [-0.05, 0) is 41.3 Å². The van der Waals surface area contributed by atoms with Gasteiger partial charge in [-0.25, -0.2) is 8.42 Å². The fourth-order valence-corrected chi connectivity index (χ4v) is 7.74. The van der Waals surface area contributed by atoms with Crippen LogP contribution in [0.25, 0.3) is 11.1 Å². The van der Waals surface area contributed by atoms with E-state index in [1.54, 1.807) is 24.3 Å². The van der Waals surface area contributed by atoms with Crippen LogP contribution < -0.4 is 0 Å². The summed E-state index contributed by atoms with van der Waals surface area (Å²) >= 11 is 0. The van der Waals surface area contributed by atoms with Gasteiger partial charge in [0.05, 0.1) is 10.6 Å². The standard InChI is InChI=1S/C30H25NO3S/c32-35(33,26-17-8-3-9-18-26)30(25-15-6-2-7-16-25)20-27-28(21-30)34-31-29(27)24-14-10-13-23(19-24)22-11-4-1-5-12-22/h1-19,27-28H,20-21H2/t27?,28?,30-/m1/s1. The molecule has 1 fully saturated rings. The molecular formula is C30H25NO3S. The summed E-state index contributed by atoms with van der Waals surface area (Å²) in [7, 11) is -3.69. The molecule has 0 amide bonds. The van der Waals surface area contributed by atoms with Crippen LogP contribution in [0.3, 0.4) is 0 Å². The summed E-state index contributed by atoms with van der Waals surface area (Å²) in [5.41, 5.74) is 4.83. The molecular weight excluding hydrogens is 454 g/mol. The number of sulfone groups is 1. The third-order valence-corrected chi connectivity index (χ3v) is 9.79. The molecule has 174 valence electrons. The first-order valence-corrected chi connectivity index (χ1v) is 13.3. The van der Waals surface area contributed by atoms with Crippen molar-refractivity contribution in [2.24, 2.45) is 11.1 Å². The van der Waals surface area contributed by atoms with Gasteiger partial charge >= 0.3 is 0 Å². The summed E-state index contributed by atoms with van der Waals surface area (Å²) in [5.74, 6) is -0.111. The molecule has 1 aliphatic carbocycles. The van der Waals surface area contributed by atoms with E-state index < -0.39 is 14.6 Å². The zero-order valence-electron chi connectivity index (χ0n) is 19.1. The van der Waals surface area contributed by atoms with Crippen molar-refractivity contribution in [3.63, 3.8) is 0 Å². The SMILES string of the molecule is O=S(=O)(c1ccccc1)[C@@]1(c2ccccc2)CC2ON=C(c3cccc(-c4ccccc4)c3)C2C1. The Morgan fingerprint density at radius 1 is 0.686 bits per heavy atom. The van der Waals surface area contributed by atoms with Gasteiger partial charge in [-0.3, -0.25) is 0 Å². The Labute approximate surface area is 205 Å². The lowest BCUT2D eigenvalue weighted by molar-refractivity contribution is 0.0723. The largest absolute Gasteiger partial charge is 0.391 e. The molecule has 1 heterocycles. The maximum atomic E-state index is 14.2. The maximum Gasteiger partial charge on any atom is 0.188 e. The van der Waals surface area contributed by atoms with Crippen molar-refractivity contribution in [3.8, 4) is 11.1 Å². The van der Waals surface area contributed by atoms with Crippen LogP contribution >= 0.6 is 0 Å². The van der Waals surface area contributed by atoms with Crippen LogP contribution in [-0.4, -0.2) is 20.2 Å². The lowest BCUT2D eigenvalue weighted by atomic mass is 9.90. The zero-order valence-corrected chi connectivity index (χ0v) is 19.9. The van der Waals surface area contributed by atoms with Crippen LogP contribution in [0, 0.1) is 5.92 Å². The van der Waals surface area contributed by atoms with Crippen LogP contribution in [0.1, 0.15) is 24.0 Å². The Bertz CT molecular complexity index is 1480. The van der Waals surface area contributed by atoms with Crippen molar-refractivity contribution in [2.75, 3.05) is 0 Å². The van der Waals surface area contributed by atoms with Gasteiger partial charge in [0.25, 0.3) is 0 Å². The van der Waals surface area contributed by atoms with Crippen molar-refractivity contribution in [3.05, 3.63) is 126 Å². The molecule has 4 aromatic carbocycles. The number of hydrogen-bond donors (Lipinski definition) is 0. The van der Waals surface area contributed by atoms with E-state index in [1.165, 1.54) is 0 Å². The minimum absolute atomic E-state index is 0.111. The maximum absolute atomic E-state index is 14.2. The number of benzene rings is 4. The van der Waals surface area contributed by atoms with E-state index in [1.807, 2.05) is 66.7 Å². The molecule has 35 heavy (non-hydrogen) atoms. The highest BCUT2D eigenvalue weighted by molar-refractivity contribution is 7.92. The molecule has 3 atom stereocenters. The normalized spacial score (nSPS) is 23.4. The fourth-order valence-electron chi connectivity index (χ4n) is 5.55. The first kappa shape index (κ1) is 21.8. The van der Waals surface area contributed by atoms with E-state index in [-0.39, 0.29) is 12.0 Å². The van der Waals surface area contributed by atoms with Gasteiger partial charge in [0, 0.05) is 17.9 Å².